The summed E-state index contributed by atoms with van der Waals surface area (Å²) in [6.07, 6.45) is 1.51. The van der Waals surface area contributed by atoms with Gasteiger partial charge in [0.2, 0.25) is 0 Å². The molecule has 5 rings (SSSR count). The van der Waals surface area contributed by atoms with Crippen LogP contribution in [0.5, 0.6) is 5.75 Å². The molecule has 172 valence electrons. The van der Waals surface area contributed by atoms with E-state index in [0.717, 1.165) is 36.5 Å². The number of ether oxygens (including phenoxy) is 1. The molecule has 1 amide bonds. The van der Waals surface area contributed by atoms with Crippen LogP contribution in [0.25, 0.3) is 10.4 Å². The van der Waals surface area contributed by atoms with Gasteiger partial charge in [-0.1, -0.05) is 24.3 Å². The number of nitrogens with zero attached hydrogens (tertiary/aromatic N) is 1. The lowest BCUT2D eigenvalue weighted by Crippen LogP contribution is -2.50. The highest BCUT2D eigenvalue weighted by molar-refractivity contribution is 7.15. The summed E-state index contributed by atoms with van der Waals surface area (Å²) in [4.78, 5) is 18.2. The van der Waals surface area contributed by atoms with Crippen molar-refractivity contribution in [3.05, 3.63) is 76.2 Å². The molecule has 3 aromatic rings. The number of rotatable bonds is 8. The molecule has 2 aliphatic rings. The van der Waals surface area contributed by atoms with Gasteiger partial charge in [0.1, 0.15) is 11.9 Å². The highest BCUT2D eigenvalue weighted by Crippen LogP contribution is 2.31. The van der Waals surface area contributed by atoms with E-state index >= 15 is 0 Å². The summed E-state index contributed by atoms with van der Waals surface area (Å²) in [5.74, 6) is 0.675. The predicted molar refractivity (Wildman–Crippen MR) is 134 cm³/mol. The molecule has 33 heavy (non-hydrogen) atoms. The quantitative estimate of drug-likeness (QED) is 0.507. The van der Waals surface area contributed by atoms with Crippen LogP contribution >= 0.6 is 11.3 Å². The van der Waals surface area contributed by atoms with Crippen molar-refractivity contribution in [1.82, 2.24) is 15.5 Å². The monoisotopic (exact) mass is 461 g/mol. The van der Waals surface area contributed by atoms with Crippen molar-refractivity contribution in [3.63, 3.8) is 0 Å². The van der Waals surface area contributed by atoms with Crippen molar-refractivity contribution in [2.45, 2.75) is 39.0 Å². The molecule has 2 N–H and O–H groups in total. The molecule has 0 bridgehead atoms. The van der Waals surface area contributed by atoms with Crippen LogP contribution in [0.3, 0.4) is 0 Å². The van der Waals surface area contributed by atoms with E-state index in [9.17, 15) is 4.79 Å². The van der Waals surface area contributed by atoms with Gasteiger partial charge in [0.05, 0.1) is 6.04 Å². The largest absolute Gasteiger partial charge is 0.488 e. The summed E-state index contributed by atoms with van der Waals surface area (Å²) in [7, 11) is 0. The van der Waals surface area contributed by atoms with Gasteiger partial charge in [-0.25, -0.2) is 0 Å². The normalized spacial score (nSPS) is 17.2. The Morgan fingerprint density at radius 2 is 2.03 bits per heavy atom. The first-order valence-electron chi connectivity index (χ1n) is 11.8. The Morgan fingerprint density at radius 1 is 1.18 bits per heavy atom. The molecule has 2 aromatic carbocycles. The van der Waals surface area contributed by atoms with Crippen LogP contribution in [0, 0.1) is 6.92 Å². The summed E-state index contributed by atoms with van der Waals surface area (Å²) < 4.78 is 5.94. The molecule has 0 saturated carbocycles. The maximum atomic E-state index is 13.1. The highest BCUT2D eigenvalue weighted by Gasteiger charge is 2.20. The minimum absolute atomic E-state index is 0.0736. The first-order valence-corrected chi connectivity index (χ1v) is 12.6. The number of carbonyl (C=O) groups is 1. The molecule has 1 atom stereocenters. The third-order valence-electron chi connectivity index (χ3n) is 6.51. The summed E-state index contributed by atoms with van der Waals surface area (Å²) in [5, 5.41) is 6.38. The smallest absolute Gasteiger partial charge is 0.252 e. The van der Waals surface area contributed by atoms with Gasteiger partial charge >= 0.3 is 0 Å². The average Bonchev–Trinajstić information content (AvgIpc) is 3.23. The second-order valence-corrected chi connectivity index (χ2v) is 10.3. The summed E-state index contributed by atoms with van der Waals surface area (Å²) in [6, 6.07) is 18.6. The molecule has 1 unspecified atom stereocenters. The summed E-state index contributed by atoms with van der Waals surface area (Å²) in [5.41, 5.74) is 3.91. The number of carbonyl (C=O) groups excluding carboxylic acids is 1. The molecule has 1 aromatic heterocycles. The Hall–Kier alpha value is -2.67. The third-order valence-corrected chi connectivity index (χ3v) is 7.63. The van der Waals surface area contributed by atoms with Gasteiger partial charge < -0.3 is 15.4 Å². The van der Waals surface area contributed by atoms with Crippen molar-refractivity contribution in [2.24, 2.45) is 0 Å². The van der Waals surface area contributed by atoms with Gasteiger partial charge in [0.15, 0.2) is 0 Å². The summed E-state index contributed by atoms with van der Waals surface area (Å²) >= 11 is 1.86. The van der Waals surface area contributed by atoms with E-state index in [0.29, 0.717) is 5.56 Å². The zero-order valence-electron chi connectivity index (χ0n) is 19.3. The standard InChI is InChI=1S/C27H31N3O2S/c1-18-7-8-22(32-23-15-28-16-23)14-25(18)27(31)29-19(2)20-5-3-6-21(13-20)26-10-9-24(33-26)17-30-11-4-12-30/h3,5-10,13-14,19,23,28H,4,11-12,15-17H2,1-2H3,(H,29,31). The van der Waals surface area contributed by atoms with Crippen LogP contribution in [0.1, 0.15) is 45.7 Å². The third kappa shape index (κ3) is 5.13. The van der Waals surface area contributed by atoms with E-state index in [1.165, 1.54) is 34.8 Å². The van der Waals surface area contributed by atoms with Crippen molar-refractivity contribution in [3.8, 4) is 16.2 Å². The minimum Gasteiger partial charge on any atom is -0.488 e. The number of aryl methyl sites for hydroxylation is 1. The van der Waals surface area contributed by atoms with Gasteiger partial charge in [-0.05, 0) is 80.4 Å². The lowest BCUT2D eigenvalue weighted by atomic mass is 10.0. The number of hydrogen-bond donors (Lipinski definition) is 2. The molecule has 6 heteroatoms. The SMILES string of the molecule is Cc1ccc(OC2CNC2)cc1C(=O)NC(C)c1cccc(-c2ccc(CN3CCC3)s2)c1. The fraction of sp³-hybridized carbons (Fsp3) is 0.370. The van der Waals surface area contributed by atoms with Crippen LogP contribution in [-0.4, -0.2) is 43.1 Å². The fourth-order valence-electron chi connectivity index (χ4n) is 4.15. The fourth-order valence-corrected chi connectivity index (χ4v) is 5.20. The Balaban J connectivity index is 1.26. The lowest BCUT2D eigenvalue weighted by molar-refractivity contribution is 0.0937. The summed E-state index contributed by atoms with van der Waals surface area (Å²) in [6.45, 7) is 9.19. The van der Waals surface area contributed by atoms with E-state index in [-0.39, 0.29) is 18.1 Å². The molecule has 0 radical (unpaired) electrons. The average molecular weight is 462 g/mol. The minimum atomic E-state index is -0.0993. The highest BCUT2D eigenvalue weighted by atomic mass is 32.1. The molecular weight excluding hydrogens is 430 g/mol. The second kappa shape index (κ2) is 9.67. The lowest BCUT2D eigenvalue weighted by Gasteiger charge is -2.29. The number of thiophene rings is 1. The van der Waals surface area contributed by atoms with Crippen molar-refractivity contribution < 1.29 is 9.53 Å². The maximum Gasteiger partial charge on any atom is 0.252 e. The Labute approximate surface area is 199 Å². The van der Waals surface area contributed by atoms with Crippen LogP contribution in [0.15, 0.2) is 54.6 Å². The van der Waals surface area contributed by atoms with E-state index in [2.05, 4.69) is 51.9 Å². The number of hydrogen-bond acceptors (Lipinski definition) is 5. The molecule has 2 saturated heterocycles. The van der Waals surface area contributed by atoms with Gasteiger partial charge in [-0.3, -0.25) is 9.69 Å². The van der Waals surface area contributed by atoms with Crippen LogP contribution in [0.2, 0.25) is 0 Å². The van der Waals surface area contributed by atoms with Crippen LogP contribution in [0.4, 0.5) is 0 Å². The van der Waals surface area contributed by atoms with E-state index in [4.69, 9.17) is 4.74 Å². The zero-order valence-corrected chi connectivity index (χ0v) is 20.1. The first kappa shape index (κ1) is 22.1. The van der Waals surface area contributed by atoms with E-state index in [1.807, 2.05) is 43.4 Å². The Morgan fingerprint density at radius 3 is 2.76 bits per heavy atom. The topological polar surface area (TPSA) is 53.6 Å². The Kier molecular flexibility index (Phi) is 6.49. The van der Waals surface area contributed by atoms with Crippen molar-refractivity contribution >= 4 is 17.2 Å². The van der Waals surface area contributed by atoms with Gasteiger partial charge in [0.25, 0.3) is 5.91 Å². The Bertz CT molecular complexity index is 1130. The molecule has 5 nitrogen and oxygen atoms in total. The molecule has 0 aliphatic carbocycles. The number of benzene rings is 2. The first-order chi connectivity index (χ1) is 16.0. The van der Waals surface area contributed by atoms with Crippen molar-refractivity contribution in [2.75, 3.05) is 26.2 Å². The molecule has 0 spiro atoms. The van der Waals surface area contributed by atoms with Crippen molar-refractivity contribution in [1.29, 1.82) is 0 Å². The number of amides is 1. The molecule has 3 heterocycles. The van der Waals surface area contributed by atoms with Gasteiger partial charge in [-0.2, -0.15) is 0 Å². The molecular formula is C27H31N3O2S. The number of nitrogens with one attached hydrogen (secondary N) is 2. The maximum absolute atomic E-state index is 13.1. The van der Waals surface area contributed by atoms with E-state index in [1.54, 1.807) is 0 Å². The predicted octanol–water partition coefficient (Wildman–Crippen LogP) is 4.77. The van der Waals surface area contributed by atoms with E-state index < -0.39 is 0 Å². The van der Waals surface area contributed by atoms with Gasteiger partial charge in [-0.15, -0.1) is 11.3 Å². The zero-order chi connectivity index (χ0) is 22.8. The van der Waals surface area contributed by atoms with Crippen LogP contribution < -0.4 is 15.4 Å². The molecule has 2 fully saturated rings. The second-order valence-electron chi connectivity index (χ2n) is 9.09. The number of likely N-dealkylation sites (tertiary alicyclic amines) is 1. The molecule has 2 aliphatic heterocycles. The van der Waals surface area contributed by atoms with Crippen LogP contribution in [-0.2, 0) is 6.54 Å². The van der Waals surface area contributed by atoms with Gasteiger partial charge in [0, 0.05) is 35.0 Å².